The fraction of sp³-hybridized carbons (Fsp3) is 0.417. The van der Waals surface area contributed by atoms with Gasteiger partial charge in [0.05, 0.1) is 0 Å². The molecule has 0 unspecified atom stereocenters. The van der Waals surface area contributed by atoms with E-state index in [0.717, 1.165) is 11.1 Å². The van der Waals surface area contributed by atoms with Crippen molar-refractivity contribution in [2.75, 3.05) is 6.54 Å². The van der Waals surface area contributed by atoms with E-state index in [1.165, 1.54) is 0 Å². The van der Waals surface area contributed by atoms with Gasteiger partial charge in [0.1, 0.15) is 6.04 Å². The second kappa shape index (κ2) is 11.6. The largest absolute Gasteiger partial charge is 0.354 e. The summed E-state index contributed by atoms with van der Waals surface area (Å²) in [5, 5.41) is 3.63. The predicted octanol–water partition coefficient (Wildman–Crippen LogP) is 4.85. The Kier molecular flexibility index (Phi) is 9.20. The summed E-state index contributed by atoms with van der Waals surface area (Å²) in [5.41, 5.74) is 2.07. The first-order chi connectivity index (χ1) is 13.9. The lowest BCUT2D eigenvalue weighted by Gasteiger charge is -2.31. The van der Waals surface area contributed by atoms with Gasteiger partial charge in [-0.2, -0.15) is 0 Å². The molecule has 1 N–H and O–H groups in total. The van der Waals surface area contributed by atoms with Crippen molar-refractivity contribution in [3.8, 4) is 0 Å². The number of rotatable bonds is 10. The Bertz CT molecular complexity index is 775. The summed E-state index contributed by atoms with van der Waals surface area (Å²) >= 11 is 5.99. The molecule has 0 heterocycles. The van der Waals surface area contributed by atoms with Crippen LogP contribution in [0.25, 0.3) is 0 Å². The van der Waals surface area contributed by atoms with Gasteiger partial charge >= 0.3 is 0 Å². The van der Waals surface area contributed by atoms with Crippen LogP contribution in [0.1, 0.15) is 44.7 Å². The average Bonchev–Trinajstić information content (AvgIpc) is 2.72. The predicted molar refractivity (Wildman–Crippen MR) is 119 cm³/mol. The van der Waals surface area contributed by atoms with Crippen LogP contribution in [0.5, 0.6) is 0 Å². The molecule has 0 bridgehead atoms. The lowest BCUT2D eigenvalue weighted by atomic mass is 10.1. The van der Waals surface area contributed by atoms with Gasteiger partial charge in [-0.1, -0.05) is 74.8 Å². The number of halogens is 1. The van der Waals surface area contributed by atoms with Gasteiger partial charge in [0.25, 0.3) is 0 Å². The van der Waals surface area contributed by atoms with Gasteiger partial charge < -0.3 is 10.2 Å². The molecule has 0 saturated carbocycles. The van der Waals surface area contributed by atoms with Crippen molar-refractivity contribution in [3.63, 3.8) is 0 Å². The first-order valence-corrected chi connectivity index (χ1v) is 10.6. The van der Waals surface area contributed by atoms with Gasteiger partial charge in [-0.05, 0) is 42.0 Å². The Labute approximate surface area is 179 Å². The number of carbonyl (C=O) groups excluding carboxylic acids is 2. The number of carbonyl (C=O) groups is 2. The van der Waals surface area contributed by atoms with Crippen LogP contribution in [0.4, 0.5) is 0 Å². The molecular weight excluding hydrogens is 384 g/mol. The van der Waals surface area contributed by atoms with Gasteiger partial charge in [0.2, 0.25) is 11.8 Å². The van der Waals surface area contributed by atoms with E-state index in [1.807, 2.05) is 61.5 Å². The molecule has 0 saturated heterocycles. The SMILES string of the molecule is CC[C@@H](C(=O)NCC(C)C)N(Cc1ccc(Cl)cc1)C(=O)CCc1ccccc1. The zero-order valence-corrected chi connectivity index (χ0v) is 18.3. The Morgan fingerprint density at radius 1 is 1.00 bits per heavy atom. The topological polar surface area (TPSA) is 49.4 Å². The van der Waals surface area contributed by atoms with Gasteiger partial charge in [0.15, 0.2) is 0 Å². The Balaban J connectivity index is 2.16. The minimum Gasteiger partial charge on any atom is -0.354 e. The van der Waals surface area contributed by atoms with Crippen LogP contribution in [0.2, 0.25) is 5.02 Å². The zero-order chi connectivity index (χ0) is 21.2. The minimum atomic E-state index is -0.493. The van der Waals surface area contributed by atoms with Crippen LogP contribution < -0.4 is 5.32 Å². The van der Waals surface area contributed by atoms with E-state index in [9.17, 15) is 9.59 Å². The first-order valence-electron chi connectivity index (χ1n) is 10.3. The number of nitrogens with one attached hydrogen (secondary N) is 1. The quantitative estimate of drug-likeness (QED) is 0.604. The third-order valence-corrected chi connectivity index (χ3v) is 5.06. The molecule has 0 aliphatic rings. The van der Waals surface area contributed by atoms with Crippen molar-refractivity contribution in [2.45, 2.75) is 52.6 Å². The molecule has 0 aromatic heterocycles. The highest BCUT2D eigenvalue weighted by Gasteiger charge is 2.28. The zero-order valence-electron chi connectivity index (χ0n) is 17.5. The highest BCUT2D eigenvalue weighted by Crippen LogP contribution is 2.17. The van der Waals surface area contributed by atoms with E-state index in [1.54, 1.807) is 4.90 Å². The molecule has 2 aromatic rings. The van der Waals surface area contributed by atoms with Gasteiger partial charge in [0, 0.05) is 24.5 Å². The summed E-state index contributed by atoms with van der Waals surface area (Å²) in [4.78, 5) is 27.7. The maximum Gasteiger partial charge on any atom is 0.242 e. The Morgan fingerprint density at radius 2 is 1.66 bits per heavy atom. The molecule has 2 amide bonds. The summed E-state index contributed by atoms with van der Waals surface area (Å²) in [5.74, 6) is 0.244. The summed E-state index contributed by atoms with van der Waals surface area (Å²) < 4.78 is 0. The van der Waals surface area contributed by atoms with Gasteiger partial charge in [-0.25, -0.2) is 0 Å². The van der Waals surface area contributed by atoms with E-state index in [-0.39, 0.29) is 11.8 Å². The summed E-state index contributed by atoms with van der Waals surface area (Å²) in [6, 6.07) is 16.9. The molecule has 2 aromatic carbocycles. The molecule has 0 fully saturated rings. The maximum absolute atomic E-state index is 13.2. The smallest absolute Gasteiger partial charge is 0.242 e. The number of aryl methyl sites for hydroxylation is 1. The summed E-state index contributed by atoms with van der Waals surface area (Å²) in [6.45, 7) is 7.04. The van der Waals surface area contributed by atoms with Gasteiger partial charge in [-0.3, -0.25) is 9.59 Å². The fourth-order valence-electron chi connectivity index (χ4n) is 3.17. The summed E-state index contributed by atoms with van der Waals surface area (Å²) in [6.07, 6.45) is 1.58. The standard InChI is InChI=1S/C24H31ClN2O2/c1-4-22(24(29)26-16-18(2)3)27(17-20-10-13-21(25)14-11-20)23(28)15-12-19-8-6-5-7-9-19/h5-11,13-14,18,22H,4,12,15-17H2,1-3H3,(H,26,29)/t22-/m0/s1. The van der Waals surface area contributed by atoms with Crippen LogP contribution in [0, 0.1) is 5.92 Å². The van der Waals surface area contributed by atoms with Crippen molar-refractivity contribution in [1.29, 1.82) is 0 Å². The van der Waals surface area contributed by atoms with Crippen molar-refractivity contribution in [1.82, 2.24) is 10.2 Å². The molecule has 0 aliphatic heterocycles. The Morgan fingerprint density at radius 3 is 2.24 bits per heavy atom. The third-order valence-electron chi connectivity index (χ3n) is 4.81. The van der Waals surface area contributed by atoms with Crippen molar-refractivity contribution in [3.05, 3.63) is 70.7 Å². The number of nitrogens with zero attached hydrogens (tertiary/aromatic N) is 1. The minimum absolute atomic E-state index is 0.0182. The van der Waals surface area contributed by atoms with Crippen molar-refractivity contribution < 1.29 is 9.59 Å². The average molecular weight is 415 g/mol. The molecule has 1 atom stereocenters. The normalized spacial score (nSPS) is 11.9. The molecule has 156 valence electrons. The number of hydrogen-bond donors (Lipinski definition) is 1. The fourth-order valence-corrected chi connectivity index (χ4v) is 3.29. The lowest BCUT2D eigenvalue weighted by molar-refractivity contribution is -0.141. The summed E-state index contributed by atoms with van der Waals surface area (Å²) in [7, 11) is 0. The molecule has 4 nitrogen and oxygen atoms in total. The molecule has 5 heteroatoms. The number of benzene rings is 2. The second-order valence-corrected chi connectivity index (χ2v) is 8.13. The van der Waals surface area contributed by atoms with E-state index in [4.69, 9.17) is 11.6 Å². The van der Waals surface area contributed by atoms with Crippen molar-refractivity contribution in [2.24, 2.45) is 5.92 Å². The van der Waals surface area contributed by atoms with Crippen LogP contribution in [0.15, 0.2) is 54.6 Å². The Hall–Kier alpha value is -2.33. The molecule has 2 rings (SSSR count). The van der Waals surface area contributed by atoms with Crippen LogP contribution in [0.3, 0.4) is 0 Å². The van der Waals surface area contributed by atoms with E-state index in [2.05, 4.69) is 19.2 Å². The van der Waals surface area contributed by atoms with Crippen LogP contribution in [-0.4, -0.2) is 29.3 Å². The highest BCUT2D eigenvalue weighted by molar-refractivity contribution is 6.30. The maximum atomic E-state index is 13.2. The number of hydrogen-bond acceptors (Lipinski definition) is 2. The molecule has 29 heavy (non-hydrogen) atoms. The first kappa shape index (κ1) is 23.0. The van der Waals surface area contributed by atoms with Crippen LogP contribution in [-0.2, 0) is 22.6 Å². The van der Waals surface area contributed by atoms with Crippen molar-refractivity contribution >= 4 is 23.4 Å². The van der Waals surface area contributed by atoms with Crippen LogP contribution >= 0.6 is 11.6 Å². The monoisotopic (exact) mass is 414 g/mol. The molecule has 0 spiro atoms. The van der Waals surface area contributed by atoms with Gasteiger partial charge in [-0.15, -0.1) is 0 Å². The second-order valence-electron chi connectivity index (χ2n) is 7.70. The number of amides is 2. The molecule has 0 aliphatic carbocycles. The highest BCUT2D eigenvalue weighted by atomic mass is 35.5. The van der Waals surface area contributed by atoms with E-state index in [0.29, 0.717) is 43.3 Å². The lowest BCUT2D eigenvalue weighted by Crippen LogP contribution is -2.49. The van der Waals surface area contributed by atoms with E-state index < -0.39 is 6.04 Å². The molecule has 0 radical (unpaired) electrons. The third kappa shape index (κ3) is 7.54. The molecular formula is C24H31ClN2O2. The van der Waals surface area contributed by atoms with E-state index >= 15 is 0 Å².